The molecule has 0 N–H and O–H groups in total. The van der Waals surface area contributed by atoms with E-state index in [-0.39, 0.29) is 36.0 Å². The quantitative estimate of drug-likeness (QED) is 0.179. The number of fused-ring (bicyclic) bond motifs is 2. The summed E-state index contributed by atoms with van der Waals surface area (Å²) in [6, 6.07) is 12.1. The number of hydrogen-bond donors (Lipinski definition) is 0. The number of nitro groups is 1. The van der Waals surface area contributed by atoms with Gasteiger partial charge in [-0.15, -0.1) is 0 Å². The number of aromatic nitrogens is 1. The lowest BCUT2D eigenvalue weighted by Crippen LogP contribution is -2.39. The van der Waals surface area contributed by atoms with E-state index in [1.807, 2.05) is 0 Å². The lowest BCUT2D eigenvalue weighted by Gasteiger charge is -2.24. The van der Waals surface area contributed by atoms with Gasteiger partial charge in [-0.1, -0.05) is 17.4 Å². The lowest BCUT2D eigenvalue weighted by molar-refractivity contribution is -0.384. The second-order valence-corrected chi connectivity index (χ2v) is 10.3. The number of carbonyl (C=O) groups excluding carboxylic acids is 1. The molecule has 42 heavy (non-hydrogen) atoms. The lowest BCUT2D eigenvalue weighted by atomic mass is 9.95. The first kappa shape index (κ1) is 27.0. The fourth-order valence-corrected chi connectivity index (χ4v) is 5.92. The predicted molar refractivity (Wildman–Crippen MR) is 150 cm³/mol. The number of esters is 1. The minimum Gasteiger partial charge on any atom is -0.497 e. The number of allylic oxidation sites excluding steroid dienone is 1. The SMILES string of the molecule is CCOC(=O)C1=C(C)N=c2sc(=Cc3ccc(-c4ccc(OC)cc4[N+](=O)[O-])o3)c(=O)n2C1c1ccc2c(c1)OCO2. The summed E-state index contributed by atoms with van der Waals surface area (Å²) in [6.45, 7) is 3.63. The van der Waals surface area contributed by atoms with Crippen LogP contribution >= 0.6 is 11.3 Å². The Labute approximate surface area is 241 Å². The molecule has 0 amide bonds. The number of hydrogen-bond acceptors (Lipinski definition) is 11. The molecule has 2 aromatic heterocycles. The van der Waals surface area contributed by atoms with Crippen LogP contribution in [-0.2, 0) is 9.53 Å². The van der Waals surface area contributed by atoms with Crippen molar-refractivity contribution in [2.45, 2.75) is 19.9 Å². The highest BCUT2D eigenvalue weighted by molar-refractivity contribution is 7.07. The highest BCUT2D eigenvalue weighted by Gasteiger charge is 2.34. The average molecular weight is 590 g/mol. The van der Waals surface area contributed by atoms with Crippen molar-refractivity contribution in [3.8, 4) is 28.6 Å². The molecule has 0 spiro atoms. The number of furan rings is 1. The maximum absolute atomic E-state index is 13.9. The molecular formula is C29H23N3O9S. The first-order chi connectivity index (χ1) is 20.3. The molecule has 2 aromatic carbocycles. The van der Waals surface area contributed by atoms with E-state index in [4.69, 9.17) is 23.4 Å². The number of benzene rings is 2. The number of methoxy groups -OCH3 is 1. The Kier molecular flexibility index (Phi) is 6.86. The van der Waals surface area contributed by atoms with E-state index in [0.29, 0.717) is 43.6 Å². The highest BCUT2D eigenvalue weighted by Crippen LogP contribution is 2.38. The van der Waals surface area contributed by atoms with Crippen LogP contribution in [0.4, 0.5) is 5.69 Å². The fraction of sp³-hybridized carbons (Fsp3) is 0.207. The molecule has 1 unspecified atom stereocenters. The monoisotopic (exact) mass is 589 g/mol. The molecule has 1 atom stereocenters. The van der Waals surface area contributed by atoms with Crippen LogP contribution in [0.25, 0.3) is 17.4 Å². The number of nitrogens with zero attached hydrogens (tertiary/aromatic N) is 3. The molecule has 0 bridgehead atoms. The number of carbonyl (C=O) groups is 1. The molecule has 4 heterocycles. The summed E-state index contributed by atoms with van der Waals surface area (Å²) in [5, 5.41) is 11.7. The van der Waals surface area contributed by atoms with Crippen molar-refractivity contribution in [1.29, 1.82) is 0 Å². The van der Waals surface area contributed by atoms with Crippen LogP contribution in [0.2, 0.25) is 0 Å². The van der Waals surface area contributed by atoms with Crippen LogP contribution in [0.15, 0.2) is 74.0 Å². The molecular weight excluding hydrogens is 566 g/mol. The fourth-order valence-electron chi connectivity index (χ4n) is 4.89. The minimum absolute atomic E-state index is 0.0754. The topological polar surface area (TPSA) is 145 Å². The molecule has 0 saturated carbocycles. The van der Waals surface area contributed by atoms with E-state index < -0.39 is 22.5 Å². The maximum atomic E-state index is 13.9. The molecule has 214 valence electrons. The van der Waals surface area contributed by atoms with E-state index in [9.17, 15) is 19.7 Å². The second-order valence-electron chi connectivity index (χ2n) is 9.26. The van der Waals surface area contributed by atoms with Gasteiger partial charge in [-0.2, -0.15) is 0 Å². The van der Waals surface area contributed by atoms with Gasteiger partial charge in [0, 0.05) is 6.08 Å². The van der Waals surface area contributed by atoms with Gasteiger partial charge < -0.3 is 23.4 Å². The van der Waals surface area contributed by atoms with Gasteiger partial charge in [-0.05, 0) is 55.8 Å². The van der Waals surface area contributed by atoms with Gasteiger partial charge in [0.05, 0.1) is 52.1 Å². The third-order valence-electron chi connectivity index (χ3n) is 6.80. The van der Waals surface area contributed by atoms with Crippen LogP contribution in [0.1, 0.15) is 31.2 Å². The van der Waals surface area contributed by atoms with Gasteiger partial charge in [-0.3, -0.25) is 19.5 Å². The average Bonchev–Trinajstić information content (AvgIpc) is 3.71. The Hall–Kier alpha value is -5.17. The third-order valence-corrected chi connectivity index (χ3v) is 7.78. The van der Waals surface area contributed by atoms with Crippen LogP contribution in [-0.4, -0.2) is 36.0 Å². The Morgan fingerprint density at radius 1 is 1.19 bits per heavy atom. The summed E-state index contributed by atoms with van der Waals surface area (Å²) in [6.07, 6.45) is 1.54. The van der Waals surface area contributed by atoms with Gasteiger partial charge in [0.15, 0.2) is 16.3 Å². The Morgan fingerprint density at radius 3 is 2.76 bits per heavy atom. The van der Waals surface area contributed by atoms with E-state index in [1.165, 1.54) is 17.7 Å². The number of rotatable bonds is 7. The first-order valence-corrected chi connectivity index (χ1v) is 13.6. The van der Waals surface area contributed by atoms with Crippen LogP contribution in [0.3, 0.4) is 0 Å². The van der Waals surface area contributed by atoms with Crippen molar-refractivity contribution in [2.24, 2.45) is 4.99 Å². The summed E-state index contributed by atoms with van der Waals surface area (Å²) < 4.78 is 29.1. The summed E-state index contributed by atoms with van der Waals surface area (Å²) in [4.78, 5) is 43.1. The maximum Gasteiger partial charge on any atom is 0.338 e. The van der Waals surface area contributed by atoms with Gasteiger partial charge in [0.2, 0.25) is 6.79 Å². The summed E-state index contributed by atoms with van der Waals surface area (Å²) in [7, 11) is 1.42. The largest absolute Gasteiger partial charge is 0.497 e. The van der Waals surface area contributed by atoms with Crippen molar-refractivity contribution < 1.29 is 33.1 Å². The predicted octanol–water partition coefficient (Wildman–Crippen LogP) is 3.70. The third kappa shape index (κ3) is 4.63. The Bertz CT molecular complexity index is 1970. The van der Waals surface area contributed by atoms with E-state index in [2.05, 4.69) is 4.99 Å². The summed E-state index contributed by atoms with van der Waals surface area (Å²) in [5.41, 5.74) is 0.970. The standard InChI is InChI=1S/C29H23N3O9S/c1-4-38-28(34)25-15(2)30-29-31(26(25)16-5-9-22-23(11-16)40-14-39-22)27(33)24(42-29)13-18-7-10-21(41-18)19-8-6-17(37-3)12-20(19)32(35)36/h5-13,26H,4,14H2,1-3H3. The van der Waals surface area contributed by atoms with Crippen molar-refractivity contribution >= 4 is 29.1 Å². The van der Waals surface area contributed by atoms with Gasteiger partial charge in [0.25, 0.3) is 11.2 Å². The minimum atomic E-state index is -0.828. The molecule has 0 radical (unpaired) electrons. The zero-order valence-corrected chi connectivity index (χ0v) is 23.4. The smallest absolute Gasteiger partial charge is 0.338 e. The molecule has 2 aliphatic heterocycles. The second kappa shape index (κ2) is 10.7. The van der Waals surface area contributed by atoms with Gasteiger partial charge in [0.1, 0.15) is 17.3 Å². The van der Waals surface area contributed by atoms with Crippen molar-refractivity contribution in [3.05, 3.63) is 101 Å². The molecule has 0 aliphatic carbocycles. The molecule has 0 fully saturated rings. The van der Waals surface area contributed by atoms with Crippen LogP contribution in [0.5, 0.6) is 17.2 Å². The van der Waals surface area contributed by atoms with Crippen molar-refractivity contribution in [3.63, 3.8) is 0 Å². The molecule has 0 saturated heterocycles. The van der Waals surface area contributed by atoms with Gasteiger partial charge >= 0.3 is 5.97 Å². The Balaban J connectivity index is 1.46. The number of nitro benzene ring substituents is 1. The summed E-state index contributed by atoms with van der Waals surface area (Å²) in [5.74, 6) is 1.39. The summed E-state index contributed by atoms with van der Waals surface area (Å²) >= 11 is 1.13. The van der Waals surface area contributed by atoms with Gasteiger partial charge in [-0.25, -0.2) is 9.79 Å². The molecule has 6 rings (SSSR count). The van der Waals surface area contributed by atoms with Crippen molar-refractivity contribution in [1.82, 2.24) is 4.57 Å². The highest BCUT2D eigenvalue weighted by atomic mass is 32.1. The van der Waals surface area contributed by atoms with E-state index in [1.54, 1.807) is 62.4 Å². The first-order valence-electron chi connectivity index (χ1n) is 12.8. The molecule has 13 heteroatoms. The van der Waals surface area contributed by atoms with Crippen LogP contribution in [0, 0.1) is 10.1 Å². The number of ether oxygens (including phenoxy) is 4. The Morgan fingerprint density at radius 2 is 2.00 bits per heavy atom. The van der Waals surface area contributed by atoms with E-state index >= 15 is 0 Å². The molecule has 2 aliphatic rings. The van der Waals surface area contributed by atoms with Crippen molar-refractivity contribution in [2.75, 3.05) is 20.5 Å². The normalized spacial score (nSPS) is 15.8. The molecule has 12 nitrogen and oxygen atoms in total. The van der Waals surface area contributed by atoms with Crippen LogP contribution < -0.4 is 29.1 Å². The molecule has 4 aromatic rings. The zero-order chi connectivity index (χ0) is 29.5. The van der Waals surface area contributed by atoms with E-state index in [0.717, 1.165) is 11.3 Å². The number of thiazole rings is 1. The zero-order valence-electron chi connectivity index (χ0n) is 22.6.